The third-order valence-electron chi connectivity index (χ3n) is 4.54. The molecule has 0 bridgehead atoms. The number of aryl methyl sites for hydroxylation is 1. The molecule has 3 aromatic rings. The fourth-order valence-electron chi connectivity index (χ4n) is 3.22. The number of aromatic amines is 1. The van der Waals surface area contributed by atoms with Crippen molar-refractivity contribution in [1.29, 1.82) is 0 Å². The molecule has 1 amide bonds. The van der Waals surface area contributed by atoms with Crippen molar-refractivity contribution in [3.8, 4) is 0 Å². The smallest absolute Gasteiger partial charge is 0.272 e. The molecule has 0 saturated carbocycles. The molecular weight excluding hydrogens is 336 g/mol. The predicted octanol–water partition coefficient (Wildman–Crippen LogP) is 2.69. The van der Waals surface area contributed by atoms with Gasteiger partial charge in [0.1, 0.15) is 0 Å². The van der Waals surface area contributed by atoms with E-state index in [1.807, 2.05) is 12.1 Å². The number of fused-ring (bicyclic) bond motifs is 2. The summed E-state index contributed by atoms with van der Waals surface area (Å²) in [5, 5.41) is 11.3. The first-order valence-corrected chi connectivity index (χ1v) is 9.16. The van der Waals surface area contributed by atoms with Crippen LogP contribution in [-0.4, -0.2) is 21.1 Å². The number of hydrogen-bond donors (Lipinski definition) is 2. The second-order valence-corrected chi connectivity index (χ2v) is 7.59. The quantitative estimate of drug-likeness (QED) is 0.757. The molecule has 0 spiro atoms. The van der Waals surface area contributed by atoms with Gasteiger partial charge in [0.15, 0.2) is 5.13 Å². The Bertz CT molecular complexity index is 1010. The minimum Gasteiger partial charge on any atom is -0.302 e. The van der Waals surface area contributed by atoms with E-state index in [9.17, 15) is 9.59 Å². The second-order valence-electron chi connectivity index (χ2n) is 6.51. The number of amides is 1. The third kappa shape index (κ3) is 3.19. The molecule has 7 heteroatoms. The molecule has 0 radical (unpaired) electrons. The number of benzene rings is 1. The zero-order valence-corrected chi connectivity index (χ0v) is 14.7. The van der Waals surface area contributed by atoms with E-state index in [1.54, 1.807) is 23.5 Å². The van der Waals surface area contributed by atoms with E-state index < -0.39 is 0 Å². The fraction of sp³-hybridized carbons (Fsp3) is 0.333. The number of nitrogens with one attached hydrogen (secondary N) is 2. The highest BCUT2D eigenvalue weighted by Crippen LogP contribution is 2.32. The van der Waals surface area contributed by atoms with Crippen LogP contribution in [0.1, 0.15) is 29.6 Å². The molecule has 1 atom stereocenters. The standard InChI is InChI=1S/C18H18N4O2S/c1-10-6-7-13-15(8-10)25-18(19-13)20-16(23)9-14-11-4-2-3-5-12(11)17(24)22-21-14/h2-5,10H,6-9H2,1H3,(H,22,24)(H,19,20,23)/t10-/m1/s1. The lowest BCUT2D eigenvalue weighted by molar-refractivity contribution is -0.115. The lowest BCUT2D eigenvalue weighted by atomic mass is 9.93. The van der Waals surface area contributed by atoms with Crippen LogP contribution >= 0.6 is 11.3 Å². The molecule has 4 rings (SSSR count). The molecule has 0 fully saturated rings. The van der Waals surface area contributed by atoms with Gasteiger partial charge < -0.3 is 5.32 Å². The number of rotatable bonds is 3. The first-order chi connectivity index (χ1) is 12.1. The van der Waals surface area contributed by atoms with Gasteiger partial charge in [0, 0.05) is 10.3 Å². The predicted molar refractivity (Wildman–Crippen MR) is 98.0 cm³/mol. The Balaban J connectivity index is 1.54. The number of carbonyl (C=O) groups excluding carboxylic acids is 1. The average molecular weight is 354 g/mol. The molecular formula is C18H18N4O2S. The highest BCUT2D eigenvalue weighted by molar-refractivity contribution is 7.15. The summed E-state index contributed by atoms with van der Waals surface area (Å²) in [5.74, 6) is 0.497. The Morgan fingerprint density at radius 3 is 3.00 bits per heavy atom. The fourth-order valence-corrected chi connectivity index (χ4v) is 4.40. The van der Waals surface area contributed by atoms with Gasteiger partial charge in [0.05, 0.1) is 23.2 Å². The number of anilines is 1. The first kappa shape index (κ1) is 16.0. The summed E-state index contributed by atoms with van der Waals surface area (Å²) in [5.41, 5.74) is 1.43. The van der Waals surface area contributed by atoms with Crippen LogP contribution in [0.15, 0.2) is 29.1 Å². The molecule has 0 aliphatic heterocycles. The van der Waals surface area contributed by atoms with Gasteiger partial charge in [-0.25, -0.2) is 10.1 Å². The van der Waals surface area contributed by atoms with E-state index in [2.05, 4.69) is 27.4 Å². The summed E-state index contributed by atoms with van der Waals surface area (Å²) >= 11 is 1.56. The molecule has 128 valence electrons. The number of hydrogen-bond acceptors (Lipinski definition) is 5. The minimum absolute atomic E-state index is 0.0952. The van der Waals surface area contributed by atoms with E-state index in [4.69, 9.17) is 0 Å². The van der Waals surface area contributed by atoms with E-state index >= 15 is 0 Å². The van der Waals surface area contributed by atoms with Crippen LogP contribution in [0.2, 0.25) is 0 Å². The Labute approximate surface area is 148 Å². The molecule has 0 unspecified atom stereocenters. The van der Waals surface area contributed by atoms with Crippen LogP contribution in [0, 0.1) is 5.92 Å². The molecule has 2 aromatic heterocycles. The van der Waals surface area contributed by atoms with Crippen molar-refractivity contribution in [3.63, 3.8) is 0 Å². The van der Waals surface area contributed by atoms with Crippen LogP contribution in [0.25, 0.3) is 10.8 Å². The Morgan fingerprint density at radius 1 is 1.36 bits per heavy atom. The van der Waals surface area contributed by atoms with Crippen molar-refractivity contribution >= 4 is 33.1 Å². The average Bonchev–Trinajstić information content (AvgIpc) is 2.99. The SMILES string of the molecule is C[C@@H]1CCc2nc(NC(=O)Cc3n[nH]c(=O)c4ccccc34)sc2C1. The monoisotopic (exact) mass is 354 g/mol. The largest absolute Gasteiger partial charge is 0.302 e. The number of thiazole rings is 1. The first-order valence-electron chi connectivity index (χ1n) is 8.35. The van der Waals surface area contributed by atoms with Crippen LogP contribution in [0.3, 0.4) is 0 Å². The van der Waals surface area contributed by atoms with Gasteiger partial charge >= 0.3 is 0 Å². The van der Waals surface area contributed by atoms with Gasteiger partial charge in [-0.15, -0.1) is 11.3 Å². The molecule has 0 saturated heterocycles. The van der Waals surface area contributed by atoms with Gasteiger partial charge in [-0.3, -0.25) is 9.59 Å². The van der Waals surface area contributed by atoms with Crippen molar-refractivity contribution in [3.05, 3.63) is 50.9 Å². The third-order valence-corrected chi connectivity index (χ3v) is 5.57. The minimum atomic E-state index is -0.249. The Morgan fingerprint density at radius 2 is 2.16 bits per heavy atom. The van der Waals surface area contributed by atoms with Crippen molar-refractivity contribution in [2.45, 2.75) is 32.6 Å². The Hall–Kier alpha value is -2.54. The molecule has 1 aliphatic rings. The summed E-state index contributed by atoms with van der Waals surface area (Å²) < 4.78 is 0. The number of nitrogens with zero attached hydrogens (tertiary/aromatic N) is 2. The van der Waals surface area contributed by atoms with E-state index in [1.165, 1.54) is 4.88 Å². The lowest BCUT2D eigenvalue weighted by Gasteiger charge is -2.15. The van der Waals surface area contributed by atoms with Gasteiger partial charge in [-0.2, -0.15) is 5.10 Å². The van der Waals surface area contributed by atoms with E-state index in [0.717, 1.165) is 25.0 Å². The summed E-state index contributed by atoms with van der Waals surface area (Å²) in [7, 11) is 0. The van der Waals surface area contributed by atoms with Crippen molar-refractivity contribution < 1.29 is 4.79 Å². The van der Waals surface area contributed by atoms with Gasteiger partial charge in [0.25, 0.3) is 5.56 Å². The lowest BCUT2D eigenvalue weighted by Crippen LogP contribution is -2.18. The molecule has 1 aliphatic carbocycles. The number of aromatic nitrogens is 3. The highest BCUT2D eigenvalue weighted by Gasteiger charge is 2.20. The maximum atomic E-state index is 12.4. The second kappa shape index (κ2) is 6.40. The zero-order valence-electron chi connectivity index (χ0n) is 13.8. The summed E-state index contributed by atoms with van der Waals surface area (Å²) in [6.45, 7) is 2.24. The number of H-pyrrole nitrogens is 1. The zero-order chi connectivity index (χ0) is 17.4. The van der Waals surface area contributed by atoms with Crippen LogP contribution in [0.5, 0.6) is 0 Å². The van der Waals surface area contributed by atoms with Crippen molar-refractivity contribution in [2.75, 3.05) is 5.32 Å². The molecule has 2 N–H and O–H groups in total. The Kier molecular flexibility index (Phi) is 4.09. The van der Waals surface area contributed by atoms with Gasteiger partial charge in [-0.05, 0) is 31.2 Å². The maximum Gasteiger partial charge on any atom is 0.272 e. The van der Waals surface area contributed by atoms with E-state index in [0.29, 0.717) is 27.5 Å². The molecule has 25 heavy (non-hydrogen) atoms. The normalized spacial score (nSPS) is 16.6. The maximum absolute atomic E-state index is 12.4. The topological polar surface area (TPSA) is 87.7 Å². The van der Waals surface area contributed by atoms with Crippen molar-refractivity contribution in [1.82, 2.24) is 15.2 Å². The van der Waals surface area contributed by atoms with Crippen LogP contribution in [-0.2, 0) is 24.1 Å². The summed E-state index contributed by atoms with van der Waals surface area (Å²) in [6, 6.07) is 7.17. The summed E-state index contributed by atoms with van der Waals surface area (Å²) in [6.07, 6.45) is 3.26. The van der Waals surface area contributed by atoms with Gasteiger partial charge in [-0.1, -0.05) is 25.1 Å². The van der Waals surface area contributed by atoms with Crippen LogP contribution < -0.4 is 10.9 Å². The molecule has 1 aromatic carbocycles. The van der Waals surface area contributed by atoms with Gasteiger partial charge in [0.2, 0.25) is 5.91 Å². The molecule has 6 nitrogen and oxygen atoms in total. The molecule has 2 heterocycles. The number of carbonyl (C=O) groups is 1. The van der Waals surface area contributed by atoms with E-state index in [-0.39, 0.29) is 17.9 Å². The highest BCUT2D eigenvalue weighted by atomic mass is 32.1. The van der Waals surface area contributed by atoms with Crippen molar-refractivity contribution in [2.24, 2.45) is 5.92 Å². The van der Waals surface area contributed by atoms with Crippen LogP contribution in [0.4, 0.5) is 5.13 Å². The summed E-state index contributed by atoms with van der Waals surface area (Å²) in [4.78, 5) is 30.1.